The van der Waals surface area contributed by atoms with Gasteiger partial charge in [0.05, 0.1) is 6.54 Å². The summed E-state index contributed by atoms with van der Waals surface area (Å²) in [5.41, 5.74) is 0. The molecule has 0 bridgehead atoms. The normalized spacial score (nSPS) is 18.1. The fourth-order valence-corrected chi connectivity index (χ4v) is 1.84. The minimum Gasteiger partial charge on any atom is -0.298 e. The second kappa shape index (κ2) is 6.39. The summed E-state index contributed by atoms with van der Waals surface area (Å²) < 4.78 is 0. The SMILES string of the molecule is CCC(C)C(=O)CN(CCC(C)C)C1CC1. The van der Waals surface area contributed by atoms with Gasteiger partial charge >= 0.3 is 0 Å². The van der Waals surface area contributed by atoms with E-state index in [0.29, 0.717) is 18.4 Å². The molecule has 94 valence electrons. The molecule has 0 N–H and O–H groups in total. The molecule has 0 radical (unpaired) electrons. The second-order valence-electron chi connectivity index (χ2n) is 5.66. The van der Waals surface area contributed by atoms with Gasteiger partial charge in [-0.1, -0.05) is 27.7 Å². The Bertz CT molecular complexity index is 221. The number of carbonyl (C=O) groups excluding carboxylic acids is 1. The van der Waals surface area contributed by atoms with Crippen LogP contribution in [0.1, 0.15) is 53.4 Å². The molecule has 1 aliphatic carbocycles. The van der Waals surface area contributed by atoms with E-state index >= 15 is 0 Å². The van der Waals surface area contributed by atoms with E-state index in [4.69, 9.17) is 0 Å². The summed E-state index contributed by atoms with van der Waals surface area (Å²) in [6.07, 6.45) is 4.78. The van der Waals surface area contributed by atoms with E-state index in [2.05, 4.69) is 32.6 Å². The van der Waals surface area contributed by atoms with E-state index in [-0.39, 0.29) is 5.92 Å². The van der Waals surface area contributed by atoms with Gasteiger partial charge in [-0.15, -0.1) is 0 Å². The number of carbonyl (C=O) groups is 1. The molecule has 1 aliphatic rings. The first-order chi connectivity index (χ1) is 7.54. The Morgan fingerprint density at radius 3 is 2.38 bits per heavy atom. The van der Waals surface area contributed by atoms with Crippen LogP contribution in [0.3, 0.4) is 0 Å². The Hall–Kier alpha value is -0.370. The summed E-state index contributed by atoms with van der Waals surface area (Å²) in [7, 11) is 0. The fraction of sp³-hybridized carbons (Fsp3) is 0.929. The van der Waals surface area contributed by atoms with Gasteiger partial charge in [-0.25, -0.2) is 0 Å². The summed E-state index contributed by atoms with van der Waals surface area (Å²) in [6, 6.07) is 0.715. The number of ketones is 1. The Morgan fingerprint density at radius 2 is 1.94 bits per heavy atom. The highest BCUT2D eigenvalue weighted by molar-refractivity contribution is 5.82. The molecule has 2 nitrogen and oxygen atoms in total. The van der Waals surface area contributed by atoms with Crippen LogP contribution in [0.5, 0.6) is 0 Å². The molecule has 0 saturated heterocycles. The monoisotopic (exact) mass is 225 g/mol. The average Bonchev–Trinajstić information content (AvgIpc) is 3.06. The quantitative estimate of drug-likeness (QED) is 0.632. The third kappa shape index (κ3) is 4.65. The lowest BCUT2D eigenvalue weighted by Crippen LogP contribution is -2.35. The van der Waals surface area contributed by atoms with Crippen LogP contribution in [0.2, 0.25) is 0 Å². The number of nitrogens with zero attached hydrogens (tertiary/aromatic N) is 1. The van der Waals surface area contributed by atoms with Crippen molar-refractivity contribution in [2.45, 2.75) is 59.4 Å². The van der Waals surface area contributed by atoms with Gasteiger partial charge in [-0.2, -0.15) is 0 Å². The van der Waals surface area contributed by atoms with Crippen molar-refractivity contribution in [3.05, 3.63) is 0 Å². The van der Waals surface area contributed by atoms with Crippen molar-refractivity contribution >= 4 is 5.78 Å². The van der Waals surface area contributed by atoms with E-state index < -0.39 is 0 Å². The maximum absolute atomic E-state index is 11.9. The standard InChI is InChI=1S/C14H27NO/c1-5-12(4)14(16)10-15(13-6-7-13)9-8-11(2)3/h11-13H,5-10H2,1-4H3. The third-order valence-corrected chi connectivity index (χ3v) is 3.58. The van der Waals surface area contributed by atoms with Crippen LogP contribution >= 0.6 is 0 Å². The maximum Gasteiger partial charge on any atom is 0.149 e. The molecule has 0 spiro atoms. The molecule has 0 heterocycles. The maximum atomic E-state index is 11.9. The minimum absolute atomic E-state index is 0.236. The van der Waals surface area contributed by atoms with Crippen molar-refractivity contribution in [3.63, 3.8) is 0 Å². The third-order valence-electron chi connectivity index (χ3n) is 3.58. The Labute approximate surface area is 100 Å². The first kappa shape index (κ1) is 13.7. The molecule has 0 aromatic carbocycles. The molecule has 0 aromatic rings. The summed E-state index contributed by atoms with van der Waals surface area (Å²) in [6.45, 7) is 10.4. The number of Topliss-reactive ketones (excluding diaryl/α,β-unsaturated/α-hetero) is 1. The topological polar surface area (TPSA) is 20.3 Å². The predicted molar refractivity (Wildman–Crippen MR) is 68.5 cm³/mol. The summed E-state index contributed by atoms with van der Waals surface area (Å²) in [4.78, 5) is 14.3. The highest BCUT2D eigenvalue weighted by Gasteiger charge is 2.30. The largest absolute Gasteiger partial charge is 0.298 e. The second-order valence-corrected chi connectivity index (χ2v) is 5.66. The summed E-state index contributed by atoms with van der Waals surface area (Å²) in [5, 5.41) is 0. The van der Waals surface area contributed by atoms with Crippen LogP contribution in [0.4, 0.5) is 0 Å². The number of rotatable bonds is 8. The molecule has 0 aromatic heterocycles. The number of hydrogen-bond acceptors (Lipinski definition) is 2. The Balaban J connectivity index is 2.35. The molecular weight excluding hydrogens is 198 g/mol. The Kier molecular flexibility index (Phi) is 5.47. The van der Waals surface area contributed by atoms with E-state index in [0.717, 1.165) is 18.9 Å². The molecule has 1 unspecified atom stereocenters. The lowest BCUT2D eigenvalue weighted by molar-refractivity contribution is -0.123. The molecule has 0 aliphatic heterocycles. The van der Waals surface area contributed by atoms with Crippen LogP contribution in [0, 0.1) is 11.8 Å². The molecule has 2 heteroatoms. The van der Waals surface area contributed by atoms with Crippen LogP contribution < -0.4 is 0 Å². The van der Waals surface area contributed by atoms with Gasteiger partial charge in [0.1, 0.15) is 5.78 Å². The van der Waals surface area contributed by atoms with Gasteiger partial charge in [0.15, 0.2) is 0 Å². The van der Waals surface area contributed by atoms with Crippen molar-refractivity contribution in [2.24, 2.45) is 11.8 Å². The van der Waals surface area contributed by atoms with Gasteiger partial charge in [-0.05, 0) is 38.1 Å². The van der Waals surface area contributed by atoms with Gasteiger partial charge in [0, 0.05) is 12.0 Å². The van der Waals surface area contributed by atoms with Crippen molar-refractivity contribution in [3.8, 4) is 0 Å². The molecular formula is C14H27NO. The zero-order valence-corrected chi connectivity index (χ0v) is 11.3. The van der Waals surface area contributed by atoms with Crippen LogP contribution in [-0.4, -0.2) is 29.8 Å². The van der Waals surface area contributed by atoms with Crippen molar-refractivity contribution < 1.29 is 4.79 Å². The fourth-order valence-electron chi connectivity index (χ4n) is 1.84. The van der Waals surface area contributed by atoms with Crippen molar-refractivity contribution in [1.29, 1.82) is 0 Å². The summed E-state index contributed by atoms with van der Waals surface area (Å²) >= 11 is 0. The zero-order chi connectivity index (χ0) is 12.1. The highest BCUT2D eigenvalue weighted by atomic mass is 16.1. The molecule has 1 fully saturated rings. The lowest BCUT2D eigenvalue weighted by Gasteiger charge is -2.23. The van der Waals surface area contributed by atoms with Crippen molar-refractivity contribution in [2.75, 3.05) is 13.1 Å². The smallest absolute Gasteiger partial charge is 0.149 e. The van der Waals surface area contributed by atoms with Crippen LogP contribution in [0.15, 0.2) is 0 Å². The van der Waals surface area contributed by atoms with Gasteiger partial charge in [0.2, 0.25) is 0 Å². The molecule has 16 heavy (non-hydrogen) atoms. The molecule has 1 atom stereocenters. The molecule has 1 saturated carbocycles. The van der Waals surface area contributed by atoms with E-state index in [1.165, 1.54) is 19.3 Å². The van der Waals surface area contributed by atoms with E-state index in [1.54, 1.807) is 0 Å². The molecule has 0 amide bonds. The minimum atomic E-state index is 0.236. The molecule has 1 rings (SSSR count). The predicted octanol–water partition coefficient (Wildman–Crippen LogP) is 3.11. The van der Waals surface area contributed by atoms with Crippen LogP contribution in [0.25, 0.3) is 0 Å². The average molecular weight is 225 g/mol. The van der Waals surface area contributed by atoms with Crippen LogP contribution in [-0.2, 0) is 4.79 Å². The first-order valence-electron chi connectivity index (χ1n) is 6.81. The van der Waals surface area contributed by atoms with Gasteiger partial charge in [-0.3, -0.25) is 9.69 Å². The highest BCUT2D eigenvalue weighted by Crippen LogP contribution is 2.27. The Morgan fingerprint density at radius 1 is 1.31 bits per heavy atom. The lowest BCUT2D eigenvalue weighted by atomic mass is 10.0. The van der Waals surface area contributed by atoms with Crippen molar-refractivity contribution in [1.82, 2.24) is 4.90 Å². The van der Waals surface area contributed by atoms with Gasteiger partial charge in [0.25, 0.3) is 0 Å². The summed E-state index contributed by atoms with van der Waals surface area (Å²) in [5.74, 6) is 1.40. The zero-order valence-electron chi connectivity index (χ0n) is 11.3. The van der Waals surface area contributed by atoms with Gasteiger partial charge < -0.3 is 0 Å². The first-order valence-corrected chi connectivity index (χ1v) is 6.81. The van der Waals surface area contributed by atoms with E-state index in [9.17, 15) is 4.79 Å². The number of hydrogen-bond donors (Lipinski definition) is 0. The van der Waals surface area contributed by atoms with E-state index in [1.807, 2.05) is 0 Å².